The standard InChI is InChI=1S/C17H19NO2/c1-12(2)14-8-5-6-10-16(14)20-11-13-7-3-4-9-15(13)17(18)19/h3-10,12H,11H2,1-2H3,(H2,18,19). The highest BCUT2D eigenvalue weighted by molar-refractivity contribution is 5.94. The Morgan fingerprint density at radius 1 is 1.10 bits per heavy atom. The van der Waals surface area contributed by atoms with Crippen molar-refractivity contribution < 1.29 is 9.53 Å². The van der Waals surface area contributed by atoms with Crippen molar-refractivity contribution in [3.05, 3.63) is 65.2 Å². The molecule has 0 bridgehead atoms. The fourth-order valence-corrected chi connectivity index (χ4v) is 2.13. The van der Waals surface area contributed by atoms with Crippen LogP contribution in [-0.2, 0) is 6.61 Å². The zero-order chi connectivity index (χ0) is 14.5. The van der Waals surface area contributed by atoms with Crippen LogP contribution in [0, 0.1) is 0 Å². The molecule has 3 heteroatoms. The summed E-state index contributed by atoms with van der Waals surface area (Å²) in [6.07, 6.45) is 0. The minimum absolute atomic E-state index is 0.336. The molecule has 0 spiro atoms. The first-order chi connectivity index (χ1) is 9.59. The quantitative estimate of drug-likeness (QED) is 0.903. The molecule has 0 saturated carbocycles. The second-order valence-corrected chi connectivity index (χ2v) is 5.00. The summed E-state index contributed by atoms with van der Waals surface area (Å²) in [7, 11) is 0. The summed E-state index contributed by atoms with van der Waals surface area (Å²) >= 11 is 0. The fourth-order valence-electron chi connectivity index (χ4n) is 2.13. The van der Waals surface area contributed by atoms with Gasteiger partial charge in [0.1, 0.15) is 12.4 Å². The summed E-state index contributed by atoms with van der Waals surface area (Å²) in [4.78, 5) is 11.4. The number of rotatable bonds is 5. The molecule has 0 aliphatic heterocycles. The number of carbonyl (C=O) groups is 1. The molecule has 0 heterocycles. The predicted octanol–water partition coefficient (Wildman–Crippen LogP) is 3.49. The first-order valence-electron chi connectivity index (χ1n) is 6.69. The molecule has 0 aliphatic rings. The van der Waals surface area contributed by atoms with Crippen LogP contribution in [0.2, 0.25) is 0 Å². The zero-order valence-electron chi connectivity index (χ0n) is 11.8. The van der Waals surface area contributed by atoms with E-state index < -0.39 is 5.91 Å². The number of primary amides is 1. The lowest BCUT2D eigenvalue weighted by atomic mass is 10.0. The third-order valence-electron chi connectivity index (χ3n) is 3.21. The van der Waals surface area contributed by atoms with Gasteiger partial charge in [0.2, 0.25) is 5.91 Å². The molecular weight excluding hydrogens is 250 g/mol. The number of ether oxygens (including phenoxy) is 1. The number of hydrogen-bond donors (Lipinski definition) is 1. The van der Waals surface area contributed by atoms with E-state index in [0.29, 0.717) is 18.1 Å². The Morgan fingerprint density at radius 3 is 2.45 bits per heavy atom. The average Bonchev–Trinajstić information content (AvgIpc) is 2.45. The van der Waals surface area contributed by atoms with E-state index in [1.165, 1.54) is 0 Å². The van der Waals surface area contributed by atoms with Crippen LogP contribution >= 0.6 is 0 Å². The monoisotopic (exact) mass is 269 g/mol. The Morgan fingerprint density at radius 2 is 1.75 bits per heavy atom. The fraction of sp³-hybridized carbons (Fsp3) is 0.235. The summed E-state index contributed by atoms with van der Waals surface area (Å²) in [6, 6.07) is 15.2. The van der Waals surface area contributed by atoms with E-state index in [-0.39, 0.29) is 0 Å². The topological polar surface area (TPSA) is 52.3 Å². The number of amides is 1. The van der Waals surface area contributed by atoms with E-state index >= 15 is 0 Å². The molecular formula is C17H19NO2. The van der Waals surface area contributed by atoms with E-state index in [1.807, 2.05) is 30.3 Å². The maximum absolute atomic E-state index is 11.4. The molecule has 20 heavy (non-hydrogen) atoms. The minimum atomic E-state index is -0.429. The van der Waals surface area contributed by atoms with Crippen LogP contribution in [-0.4, -0.2) is 5.91 Å². The smallest absolute Gasteiger partial charge is 0.249 e. The van der Waals surface area contributed by atoms with Crippen LogP contribution in [0.3, 0.4) is 0 Å². The SMILES string of the molecule is CC(C)c1ccccc1OCc1ccccc1C(N)=O. The third kappa shape index (κ3) is 3.18. The van der Waals surface area contributed by atoms with Crippen molar-refractivity contribution in [3.8, 4) is 5.75 Å². The Labute approximate surface area is 119 Å². The van der Waals surface area contributed by atoms with E-state index in [4.69, 9.17) is 10.5 Å². The van der Waals surface area contributed by atoms with E-state index in [2.05, 4.69) is 19.9 Å². The van der Waals surface area contributed by atoms with E-state index in [1.54, 1.807) is 12.1 Å². The second-order valence-electron chi connectivity index (χ2n) is 5.00. The number of benzene rings is 2. The first kappa shape index (κ1) is 14.1. The van der Waals surface area contributed by atoms with Crippen molar-refractivity contribution in [3.63, 3.8) is 0 Å². The summed E-state index contributed by atoms with van der Waals surface area (Å²) in [6.45, 7) is 4.59. The van der Waals surface area contributed by atoms with Gasteiger partial charge in [-0.15, -0.1) is 0 Å². The molecule has 0 saturated heterocycles. The molecule has 2 aromatic carbocycles. The molecule has 3 nitrogen and oxygen atoms in total. The molecule has 1 amide bonds. The van der Waals surface area contributed by atoms with E-state index in [9.17, 15) is 4.79 Å². The van der Waals surface area contributed by atoms with Crippen LogP contribution in [0.4, 0.5) is 0 Å². The maximum Gasteiger partial charge on any atom is 0.249 e. The molecule has 2 aromatic rings. The van der Waals surface area contributed by atoms with Crippen molar-refractivity contribution in [2.75, 3.05) is 0 Å². The van der Waals surface area contributed by atoms with Crippen LogP contribution in [0.15, 0.2) is 48.5 Å². The molecule has 0 fully saturated rings. The van der Waals surface area contributed by atoms with Crippen molar-refractivity contribution in [2.24, 2.45) is 5.73 Å². The molecule has 0 radical (unpaired) electrons. The molecule has 0 aromatic heterocycles. The van der Waals surface area contributed by atoms with Gasteiger partial charge < -0.3 is 10.5 Å². The number of para-hydroxylation sites is 1. The predicted molar refractivity (Wildman–Crippen MR) is 79.8 cm³/mol. The van der Waals surface area contributed by atoms with Gasteiger partial charge in [0.05, 0.1) is 0 Å². The zero-order valence-corrected chi connectivity index (χ0v) is 11.8. The lowest BCUT2D eigenvalue weighted by Crippen LogP contribution is -2.14. The average molecular weight is 269 g/mol. The third-order valence-corrected chi connectivity index (χ3v) is 3.21. The summed E-state index contributed by atoms with van der Waals surface area (Å²) < 4.78 is 5.87. The van der Waals surface area contributed by atoms with Gasteiger partial charge in [0, 0.05) is 11.1 Å². The maximum atomic E-state index is 11.4. The van der Waals surface area contributed by atoms with Gasteiger partial charge in [-0.1, -0.05) is 50.2 Å². The Balaban J connectivity index is 2.20. The van der Waals surface area contributed by atoms with Gasteiger partial charge in [-0.3, -0.25) is 4.79 Å². The van der Waals surface area contributed by atoms with Gasteiger partial charge in [-0.25, -0.2) is 0 Å². The van der Waals surface area contributed by atoms with Crippen molar-refractivity contribution >= 4 is 5.91 Å². The van der Waals surface area contributed by atoms with Crippen LogP contribution < -0.4 is 10.5 Å². The lowest BCUT2D eigenvalue weighted by Gasteiger charge is -2.14. The van der Waals surface area contributed by atoms with Crippen molar-refractivity contribution in [1.82, 2.24) is 0 Å². The summed E-state index contributed by atoms with van der Waals surface area (Å²) in [5, 5.41) is 0. The normalized spacial score (nSPS) is 10.6. The van der Waals surface area contributed by atoms with Crippen LogP contribution in [0.5, 0.6) is 5.75 Å². The minimum Gasteiger partial charge on any atom is -0.489 e. The van der Waals surface area contributed by atoms with Gasteiger partial charge >= 0.3 is 0 Å². The van der Waals surface area contributed by atoms with Gasteiger partial charge in [-0.05, 0) is 23.6 Å². The number of hydrogen-bond acceptors (Lipinski definition) is 2. The Bertz CT molecular complexity index is 605. The Kier molecular flexibility index (Phi) is 4.41. The molecule has 0 unspecified atom stereocenters. The van der Waals surface area contributed by atoms with Crippen molar-refractivity contribution in [2.45, 2.75) is 26.4 Å². The molecule has 104 valence electrons. The highest BCUT2D eigenvalue weighted by Gasteiger charge is 2.10. The largest absolute Gasteiger partial charge is 0.489 e. The van der Waals surface area contributed by atoms with Gasteiger partial charge in [0.25, 0.3) is 0 Å². The summed E-state index contributed by atoms with van der Waals surface area (Å²) in [5.74, 6) is 0.806. The van der Waals surface area contributed by atoms with Crippen molar-refractivity contribution in [1.29, 1.82) is 0 Å². The molecule has 0 aliphatic carbocycles. The summed E-state index contributed by atoms with van der Waals surface area (Å²) in [5.41, 5.74) is 7.84. The lowest BCUT2D eigenvalue weighted by molar-refractivity contribution is 0.0998. The van der Waals surface area contributed by atoms with E-state index in [0.717, 1.165) is 16.9 Å². The highest BCUT2D eigenvalue weighted by atomic mass is 16.5. The molecule has 2 N–H and O–H groups in total. The number of carbonyl (C=O) groups excluding carboxylic acids is 1. The van der Waals surface area contributed by atoms with Gasteiger partial charge in [0.15, 0.2) is 0 Å². The Hall–Kier alpha value is -2.29. The molecule has 2 rings (SSSR count). The number of nitrogens with two attached hydrogens (primary N) is 1. The first-order valence-corrected chi connectivity index (χ1v) is 6.69. The highest BCUT2D eigenvalue weighted by Crippen LogP contribution is 2.26. The van der Waals surface area contributed by atoms with Gasteiger partial charge in [-0.2, -0.15) is 0 Å². The van der Waals surface area contributed by atoms with Crippen LogP contribution in [0.25, 0.3) is 0 Å². The molecule has 0 atom stereocenters. The second kappa shape index (κ2) is 6.24. The van der Waals surface area contributed by atoms with Crippen LogP contribution in [0.1, 0.15) is 41.3 Å².